The van der Waals surface area contributed by atoms with Crippen LogP contribution in [0.5, 0.6) is 5.75 Å². The summed E-state index contributed by atoms with van der Waals surface area (Å²) in [4.78, 5) is 12.6. The molecule has 28 heavy (non-hydrogen) atoms. The maximum atomic E-state index is 12.6. The second-order valence-electron chi connectivity index (χ2n) is 6.47. The number of sulfonamides is 1. The fourth-order valence-electron chi connectivity index (χ4n) is 3.13. The van der Waals surface area contributed by atoms with Gasteiger partial charge in [-0.15, -0.1) is 0 Å². The number of hydrazone groups is 1. The van der Waals surface area contributed by atoms with Gasteiger partial charge in [-0.2, -0.15) is 9.41 Å². The Bertz CT molecular complexity index is 937. The van der Waals surface area contributed by atoms with Crippen molar-refractivity contribution in [3.8, 4) is 5.75 Å². The predicted molar refractivity (Wildman–Crippen MR) is 107 cm³/mol. The minimum absolute atomic E-state index is 0.206. The van der Waals surface area contributed by atoms with Crippen molar-refractivity contribution in [1.29, 1.82) is 0 Å². The highest BCUT2D eigenvalue weighted by molar-refractivity contribution is 7.89. The van der Waals surface area contributed by atoms with Crippen molar-refractivity contribution in [2.75, 3.05) is 20.2 Å². The maximum Gasteiger partial charge on any atom is 0.243 e. The van der Waals surface area contributed by atoms with Crippen LogP contribution in [0, 0.1) is 5.92 Å². The van der Waals surface area contributed by atoms with Crippen LogP contribution in [0.1, 0.15) is 18.4 Å². The Balaban J connectivity index is 1.55. The third kappa shape index (κ3) is 4.58. The molecule has 148 valence electrons. The van der Waals surface area contributed by atoms with Crippen LogP contribution in [0.3, 0.4) is 0 Å². The van der Waals surface area contributed by atoms with E-state index < -0.39 is 10.0 Å². The molecule has 2 aromatic rings. The summed E-state index contributed by atoms with van der Waals surface area (Å²) in [5.74, 6) is 0.194. The molecule has 1 saturated heterocycles. The summed E-state index contributed by atoms with van der Waals surface area (Å²) in [6.07, 6.45) is 2.45. The molecule has 3 rings (SSSR count). The molecule has 7 nitrogen and oxygen atoms in total. The molecule has 1 amide bonds. The van der Waals surface area contributed by atoms with Gasteiger partial charge in [0.1, 0.15) is 5.75 Å². The van der Waals surface area contributed by atoms with E-state index in [2.05, 4.69) is 10.5 Å². The number of hydrogen-bond donors (Lipinski definition) is 1. The molecule has 1 fully saturated rings. The number of benzene rings is 2. The number of nitrogens with zero attached hydrogens (tertiary/aromatic N) is 2. The largest absolute Gasteiger partial charge is 0.496 e. The van der Waals surface area contributed by atoms with E-state index in [0.717, 1.165) is 5.56 Å². The Morgan fingerprint density at radius 3 is 2.43 bits per heavy atom. The number of para-hydroxylation sites is 1. The second-order valence-corrected chi connectivity index (χ2v) is 8.41. The van der Waals surface area contributed by atoms with Crippen molar-refractivity contribution in [2.45, 2.75) is 17.7 Å². The Labute approximate surface area is 165 Å². The van der Waals surface area contributed by atoms with E-state index >= 15 is 0 Å². The lowest BCUT2D eigenvalue weighted by Crippen LogP contribution is -2.42. The Hall–Kier alpha value is -2.71. The van der Waals surface area contributed by atoms with E-state index in [-0.39, 0.29) is 16.7 Å². The summed E-state index contributed by atoms with van der Waals surface area (Å²) in [5.41, 5.74) is 3.30. The van der Waals surface area contributed by atoms with E-state index in [1.165, 1.54) is 10.5 Å². The predicted octanol–water partition coefficient (Wildman–Crippen LogP) is 2.25. The number of amides is 1. The first-order valence-electron chi connectivity index (χ1n) is 9.03. The number of ether oxygens (including phenoxy) is 1. The Morgan fingerprint density at radius 2 is 1.75 bits per heavy atom. The zero-order valence-electron chi connectivity index (χ0n) is 15.6. The fraction of sp³-hybridized carbons (Fsp3) is 0.300. The van der Waals surface area contributed by atoms with Gasteiger partial charge in [-0.25, -0.2) is 13.8 Å². The highest BCUT2D eigenvalue weighted by atomic mass is 32.2. The lowest BCUT2D eigenvalue weighted by atomic mass is 9.98. The zero-order valence-corrected chi connectivity index (χ0v) is 16.4. The minimum atomic E-state index is -3.51. The molecule has 0 bridgehead atoms. The zero-order chi connectivity index (χ0) is 20.0. The van der Waals surface area contributed by atoms with Crippen molar-refractivity contribution in [2.24, 2.45) is 11.0 Å². The van der Waals surface area contributed by atoms with Crippen LogP contribution in [-0.2, 0) is 14.8 Å². The summed E-state index contributed by atoms with van der Waals surface area (Å²) in [6.45, 7) is 0.622. The van der Waals surface area contributed by atoms with Crippen LogP contribution in [-0.4, -0.2) is 45.0 Å². The molecule has 1 aliphatic heterocycles. The molecule has 0 saturated carbocycles. The Morgan fingerprint density at radius 1 is 1.11 bits per heavy atom. The number of nitrogens with one attached hydrogen (secondary N) is 1. The summed E-state index contributed by atoms with van der Waals surface area (Å²) >= 11 is 0. The number of methoxy groups -OCH3 is 1. The van der Waals surface area contributed by atoms with Gasteiger partial charge in [-0.3, -0.25) is 4.79 Å². The first-order chi connectivity index (χ1) is 13.5. The van der Waals surface area contributed by atoms with Gasteiger partial charge in [0, 0.05) is 24.6 Å². The van der Waals surface area contributed by atoms with Crippen molar-refractivity contribution >= 4 is 22.1 Å². The quantitative estimate of drug-likeness (QED) is 0.594. The van der Waals surface area contributed by atoms with Crippen LogP contribution in [0.4, 0.5) is 0 Å². The SMILES string of the molecule is COc1ccccc1/C=N\NC(=O)C1CCN(S(=O)(=O)c2ccccc2)CC1. The monoisotopic (exact) mass is 401 g/mol. The summed E-state index contributed by atoms with van der Waals surface area (Å²) in [7, 11) is -1.94. The average molecular weight is 401 g/mol. The van der Waals surface area contributed by atoms with E-state index in [9.17, 15) is 13.2 Å². The molecule has 1 aliphatic rings. The van der Waals surface area contributed by atoms with Crippen molar-refractivity contribution in [1.82, 2.24) is 9.73 Å². The highest BCUT2D eigenvalue weighted by Crippen LogP contribution is 2.24. The van der Waals surface area contributed by atoms with Crippen LogP contribution in [0.25, 0.3) is 0 Å². The lowest BCUT2D eigenvalue weighted by Gasteiger charge is -2.30. The van der Waals surface area contributed by atoms with Crippen LogP contribution in [0.2, 0.25) is 0 Å². The third-order valence-corrected chi connectivity index (χ3v) is 6.64. The van der Waals surface area contributed by atoms with E-state index in [1.807, 2.05) is 24.3 Å². The molecular weight excluding hydrogens is 378 g/mol. The molecule has 0 radical (unpaired) electrons. The molecule has 0 atom stereocenters. The molecule has 0 aliphatic carbocycles. The van der Waals surface area contributed by atoms with Gasteiger partial charge >= 0.3 is 0 Å². The van der Waals surface area contributed by atoms with Gasteiger partial charge in [-0.1, -0.05) is 30.3 Å². The summed E-state index contributed by atoms with van der Waals surface area (Å²) < 4.78 is 32.0. The second kappa shape index (κ2) is 8.99. The molecule has 0 aromatic heterocycles. The van der Waals surface area contributed by atoms with Gasteiger partial charge in [0.25, 0.3) is 0 Å². The minimum Gasteiger partial charge on any atom is -0.496 e. The standard InChI is InChI=1S/C20H23N3O4S/c1-27-19-10-6-5-7-17(19)15-21-22-20(24)16-11-13-23(14-12-16)28(25,26)18-8-3-2-4-9-18/h2-10,15-16H,11-14H2,1H3,(H,22,24)/b21-15-. The number of piperidine rings is 1. The third-order valence-electron chi connectivity index (χ3n) is 4.72. The molecule has 1 heterocycles. The maximum absolute atomic E-state index is 12.6. The molecular formula is C20H23N3O4S. The average Bonchev–Trinajstić information content (AvgIpc) is 2.74. The van der Waals surface area contributed by atoms with Gasteiger partial charge in [-0.05, 0) is 37.1 Å². The van der Waals surface area contributed by atoms with E-state index in [0.29, 0.717) is 31.7 Å². The van der Waals surface area contributed by atoms with Gasteiger partial charge in [0.15, 0.2) is 0 Å². The van der Waals surface area contributed by atoms with Gasteiger partial charge in [0.2, 0.25) is 15.9 Å². The van der Waals surface area contributed by atoms with E-state index in [1.54, 1.807) is 37.4 Å². The number of hydrogen-bond acceptors (Lipinski definition) is 5. The van der Waals surface area contributed by atoms with Crippen molar-refractivity contribution in [3.63, 3.8) is 0 Å². The van der Waals surface area contributed by atoms with Gasteiger partial charge in [0.05, 0.1) is 18.2 Å². The summed E-state index contributed by atoms with van der Waals surface area (Å²) in [5, 5.41) is 4.00. The van der Waals surface area contributed by atoms with Crippen LogP contribution >= 0.6 is 0 Å². The summed E-state index contributed by atoms with van der Waals surface area (Å²) in [6, 6.07) is 15.7. The topological polar surface area (TPSA) is 88.1 Å². The molecule has 0 spiro atoms. The van der Waals surface area contributed by atoms with Crippen LogP contribution in [0.15, 0.2) is 64.6 Å². The molecule has 8 heteroatoms. The van der Waals surface area contributed by atoms with E-state index in [4.69, 9.17) is 4.74 Å². The van der Waals surface area contributed by atoms with Crippen molar-refractivity contribution in [3.05, 3.63) is 60.2 Å². The number of carbonyl (C=O) groups is 1. The fourth-order valence-corrected chi connectivity index (χ4v) is 4.62. The molecule has 0 unspecified atom stereocenters. The smallest absolute Gasteiger partial charge is 0.243 e. The first-order valence-corrected chi connectivity index (χ1v) is 10.5. The molecule has 2 aromatic carbocycles. The highest BCUT2D eigenvalue weighted by Gasteiger charge is 2.31. The normalized spacial score (nSPS) is 16.2. The first kappa shape index (κ1) is 20.0. The van der Waals surface area contributed by atoms with Crippen molar-refractivity contribution < 1.29 is 17.9 Å². The lowest BCUT2D eigenvalue weighted by molar-refractivity contribution is -0.126. The van der Waals surface area contributed by atoms with Gasteiger partial charge < -0.3 is 4.74 Å². The molecule has 1 N–H and O–H groups in total. The van der Waals surface area contributed by atoms with Crippen LogP contribution < -0.4 is 10.2 Å². The number of rotatable bonds is 6. The number of carbonyl (C=O) groups excluding carboxylic acids is 1. The Kier molecular flexibility index (Phi) is 6.43.